The summed E-state index contributed by atoms with van der Waals surface area (Å²) in [7, 11) is 0. The van der Waals surface area contributed by atoms with Crippen LogP contribution in [-0.4, -0.2) is 17.6 Å². The van der Waals surface area contributed by atoms with Crippen LogP contribution in [0.15, 0.2) is 36.4 Å². The summed E-state index contributed by atoms with van der Waals surface area (Å²) >= 11 is 0. The summed E-state index contributed by atoms with van der Waals surface area (Å²) in [5.74, 6) is -0.00836. The summed E-state index contributed by atoms with van der Waals surface area (Å²) in [5, 5.41) is 0. The molecule has 3 nitrogen and oxygen atoms in total. The standard InChI is InChI=1S/C18H21NO2/c1-5-21-18(20)15-11-13(4)16(12(2)3)19-17(15)14-9-7-6-8-10-14/h6-12H,5H2,1-4H3. The van der Waals surface area contributed by atoms with E-state index in [-0.39, 0.29) is 5.97 Å². The van der Waals surface area contributed by atoms with Crippen molar-refractivity contribution in [3.8, 4) is 11.3 Å². The van der Waals surface area contributed by atoms with Crippen LogP contribution in [0.1, 0.15) is 48.3 Å². The van der Waals surface area contributed by atoms with Crippen LogP contribution in [-0.2, 0) is 4.74 Å². The molecule has 0 aliphatic rings. The van der Waals surface area contributed by atoms with Crippen LogP contribution in [0, 0.1) is 6.92 Å². The third-order valence-electron chi connectivity index (χ3n) is 3.34. The van der Waals surface area contributed by atoms with E-state index in [4.69, 9.17) is 9.72 Å². The van der Waals surface area contributed by atoms with E-state index in [1.54, 1.807) is 0 Å². The maximum atomic E-state index is 12.2. The van der Waals surface area contributed by atoms with Gasteiger partial charge in [-0.3, -0.25) is 4.98 Å². The van der Waals surface area contributed by atoms with Gasteiger partial charge in [0.25, 0.3) is 0 Å². The first-order valence-electron chi connectivity index (χ1n) is 7.28. The van der Waals surface area contributed by atoms with E-state index in [1.165, 1.54) is 0 Å². The Morgan fingerprint density at radius 1 is 1.24 bits per heavy atom. The van der Waals surface area contributed by atoms with Crippen molar-refractivity contribution < 1.29 is 9.53 Å². The Morgan fingerprint density at radius 3 is 2.48 bits per heavy atom. The molecule has 0 aliphatic carbocycles. The van der Waals surface area contributed by atoms with Crippen LogP contribution < -0.4 is 0 Å². The van der Waals surface area contributed by atoms with Gasteiger partial charge in [-0.25, -0.2) is 4.79 Å². The van der Waals surface area contributed by atoms with Crippen molar-refractivity contribution in [1.29, 1.82) is 0 Å². The van der Waals surface area contributed by atoms with Crippen molar-refractivity contribution in [2.45, 2.75) is 33.6 Å². The van der Waals surface area contributed by atoms with Crippen LogP contribution in [0.3, 0.4) is 0 Å². The third-order valence-corrected chi connectivity index (χ3v) is 3.34. The lowest BCUT2D eigenvalue weighted by Crippen LogP contribution is -2.10. The first-order chi connectivity index (χ1) is 10.0. The molecule has 0 aliphatic heterocycles. The van der Waals surface area contributed by atoms with Gasteiger partial charge in [0.15, 0.2) is 0 Å². The average Bonchev–Trinajstić information content (AvgIpc) is 2.47. The Hall–Kier alpha value is -2.16. The Morgan fingerprint density at radius 2 is 1.90 bits per heavy atom. The molecule has 2 aromatic rings. The number of hydrogen-bond acceptors (Lipinski definition) is 3. The van der Waals surface area contributed by atoms with Gasteiger partial charge in [0.2, 0.25) is 0 Å². The highest BCUT2D eigenvalue weighted by Crippen LogP contribution is 2.27. The first-order valence-corrected chi connectivity index (χ1v) is 7.28. The summed E-state index contributed by atoms with van der Waals surface area (Å²) in [6.07, 6.45) is 0. The van der Waals surface area contributed by atoms with Crippen LogP contribution in [0.25, 0.3) is 11.3 Å². The van der Waals surface area contributed by atoms with Gasteiger partial charge < -0.3 is 4.74 Å². The molecule has 1 heterocycles. The van der Waals surface area contributed by atoms with Crippen LogP contribution in [0.2, 0.25) is 0 Å². The molecular formula is C18H21NO2. The fourth-order valence-electron chi connectivity index (χ4n) is 2.39. The topological polar surface area (TPSA) is 39.2 Å². The van der Waals surface area contributed by atoms with Gasteiger partial charge in [0, 0.05) is 11.3 Å². The molecule has 2 rings (SSSR count). The number of aryl methyl sites for hydroxylation is 1. The van der Waals surface area contributed by atoms with Gasteiger partial charge in [0.1, 0.15) is 0 Å². The van der Waals surface area contributed by atoms with Crippen LogP contribution in [0.4, 0.5) is 0 Å². The summed E-state index contributed by atoms with van der Waals surface area (Å²) in [6, 6.07) is 11.7. The zero-order chi connectivity index (χ0) is 15.4. The molecule has 1 aromatic carbocycles. The number of rotatable bonds is 4. The number of pyridine rings is 1. The van der Waals surface area contributed by atoms with E-state index in [0.717, 1.165) is 16.8 Å². The zero-order valence-corrected chi connectivity index (χ0v) is 13.0. The third kappa shape index (κ3) is 3.30. The number of carbonyl (C=O) groups is 1. The smallest absolute Gasteiger partial charge is 0.340 e. The number of benzene rings is 1. The lowest BCUT2D eigenvalue weighted by Gasteiger charge is -2.15. The van der Waals surface area contributed by atoms with Crippen LogP contribution in [0.5, 0.6) is 0 Å². The summed E-state index contributed by atoms with van der Waals surface area (Å²) < 4.78 is 5.17. The monoisotopic (exact) mass is 283 g/mol. The van der Waals surface area contributed by atoms with Gasteiger partial charge in [-0.2, -0.15) is 0 Å². The van der Waals surface area contributed by atoms with Gasteiger partial charge in [-0.1, -0.05) is 44.2 Å². The molecule has 0 spiro atoms. The van der Waals surface area contributed by atoms with Crippen LogP contribution >= 0.6 is 0 Å². The molecule has 0 atom stereocenters. The highest BCUT2D eigenvalue weighted by molar-refractivity contribution is 5.96. The highest BCUT2D eigenvalue weighted by Gasteiger charge is 2.19. The molecule has 1 aromatic heterocycles. The second-order valence-corrected chi connectivity index (χ2v) is 5.33. The molecule has 0 saturated heterocycles. The molecule has 0 radical (unpaired) electrons. The maximum absolute atomic E-state index is 12.2. The molecule has 0 bridgehead atoms. The lowest BCUT2D eigenvalue weighted by molar-refractivity contribution is 0.0526. The van der Waals surface area contributed by atoms with Gasteiger partial charge >= 0.3 is 5.97 Å². The van der Waals surface area contributed by atoms with Gasteiger partial charge in [-0.05, 0) is 31.4 Å². The van der Waals surface area contributed by atoms with Crippen molar-refractivity contribution in [3.05, 3.63) is 53.2 Å². The number of carbonyl (C=O) groups excluding carboxylic acids is 1. The van der Waals surface area contributed by atoms with E-state index in [9.17, 15) is 4.79 Å². The quantitative estimate of drug-likeness (QED) is 0.783. The SMILES string of the molecule is CCOC(=O)c1cc(C)c(C(C)C)nc1-c1ccccc1. The van der Waals surface area contributed by atoms with E-state index in [2.05, 4.69) is 13.8 Å². The molecule has 110 valence electrons. The van der Waals surface area contributed by atoms with Crippen molar-refractivity contribution in [1.82, 2.24) is 4.98 Å². The lowest BCUT2D eigenvalue weighted by atomic mass is 9.98. The minimum Gasteiger partial charge on any atom is -0.462 e. The summed E-state index contributed by atoms with van der Waals surface area (Å²) in [4.78, 5) is 17.0. The Labute approximate surface area is 126 Å². The average molecular weight is 283 g/mol. The molecule has 0 N–H and O–H groups in total. The van der Waals surface area contributed by atoms with E-state index < -0.39 is 0 Å². The number of esters is 1. The summed E-state index contributed by atoms with van der Waals surface area (Å²) in [5.41, 5.74) is 4.20. The number of ether oxygens (including phenoxy) is 1. The van der Waals surface area contributed by atoms with Crippen molar-refractivity contribution >= 4 is 5.97 Å². The number of aromatic nitrogens is 1. The fraction of sp³-hybridized carbons (Fsp3) is 0.333. The molecule has 0 fully saturated rings. The first kappa shape index (κ1) is 15.2. The van der Waals surface area contributed by atoms with Crippen molar-refractivity contribution in [2.75, 3.05) is 6.61 Å². The predicted molar refractivity (Wildman–Crippen MR) is 84.5 cm³/mol. The highest BCUT2D eigenvalue weighted by atomic mass is 16.5. The zero-order valence-electron chi connectivity index (χ0n) is 13.0. The second-order valence-electron chi connectivity index (χ2n) is 5.33. The number of nitrogens with zero attached hydrogens (tertiary/aromatic N) is 1. The van der Waals surface area contributed by atoms with Gasteiger partial charge in [0.05, 0.1) is 17.9 Å². The van der Waals surface area contributed by atoms with Crippen molar-refractivity contribution in [2.24, 2.45) is 0 Å². The largest absolute Gasteiger partial charge is 0.462 e. The van der Waals surface area contributed by atoms with E-state index >= 15 is 0 Å². The Balaban J connectivity index is 2.63. The van der Waals surface area contributed by atoms with E-state index in [1.807, 2.05) is 50.2 Å². The Bertz CT molecular complexity index is 633. The second kappa shape index (κ2) is 6.53. The minimum absolute atomic E-state index is 0.309. The molecular weight excluding hydrogens is 262 g/mol. The van der Waals surface area contributed by atoms with Gasteiger partial charge in [-0.15, -0.1) is 0 Å². The van der Waals surface area contributed by atoms with E-state index in [0.29, 0.717) is 23.8 Å². The minimum atomic E-state index is -0.317. The molecule has 21 heavy (non-hydrogen) atoms. The molecule has 0 saturated carbocycles. The normalized spacial score (nSPS) is 10.7. The molecule has 0 unspecified atom stereocenters. The molecule has 0 amide bonds. The number of hydrogen-bond donors (Lipinski definition) is 0. The summed E-state index contributed by atoms with van der Waals surface area (Å²) in [6.45, 7) is 8.36. The maximum Gasteiger partial charge on any atom is 0.340 e. The Kier molecular flexibility index (Phi) is 4.73. The fourth-order valence-corrected chi connectivity index (χ4v) is 2.39. The van der Waals surface area contributed by atoms with Crippen molar-refractivity contribution in [3.63, 3.8) is 0 Å². The molecule has 3 heteroatoms. The predicted octanol–water partition coefficient (Wildman–Crippen LogP) is 4.36.